The molecule has 0 saturated carbocycles. The lowest BCUT2D eigenvalue weighted by Crippen LogP contribution is -2.27. The van der Waals surface area contributed by atoms with Crippen LogP contribution in [0.25, 0.3) is 0 Å². The number of carbonyl (C=O) groups excluding carboxylic acids is 1. The summed E-state index contributed by atoms with van der Waals surface area (Å²) in [6, 6.07) is 7.56. The first kappa shape index (κ1) is 14.0. The summed E-state index contributed by atoms with van der Waals surface area (Å²) in [6.45, 7) is 2.45. The van der Waals surface area contributed by atoms with Crippen LogP contribution in [0.1, 0.15) is 16.3 Å². The van der Waals surface area contributed by atoms with Gasteiger partial charge in [-0.3, -0.25) is 4.79 Å². The van der Waals surface area contributed by atoms with Gasteiger partial charge in [0, 0.05) is 24.0 Å². The monoisotopic (exact) mass is 294 g/mol. The van der Waals surface area contributed by atoms with Crippen LogP contribution < -0.4 is 0 Å². The van der Waals surface area contributed by atoms with Gasteiger partial charge in [-0.1, -0.05) is 29.8 Å². The summed E-state index contributed by atoms with van der Waals surface area (Å²) in [5.41, 5.74) is 1.79. The van der Waals surface area contributed by atoms with E-state index in [-0.39, 0.29) is 5.91 Å². The molecule has 100 valence electrons. The van der Waals surface area contributed by atoms with Gasteiger partial charge >= 0.3 is 0 Å². The summed E-state index contributed by atoms with van der Waals surface area (Å²) in [4.78, 5) is 18.1. The molecule has 0 aliphatic carbocycles. The molecule has 1 aromatic carbocycles. The van der Waals surface area contributed by atoms with Gasteiger partial charge in [0.15, 0.2) is 0 Å². The number of hydrogen-bond acceptors (Lipinski definition) is 3. The lowest BCUT2D eigenvalue weighted by atomic mass is 10.2. The second-order valence-corrected chi connectivity index (χ2v) is 5.85. The Morgan fingerprint density at radius 3 is 2.79 bits per heavy atom. The molecule has 2 aromatic rings. The molecule has 0 fully saturated rings. The van der Waals surface area contributed by atoms with Crippen molar-refractivity contribution in [2.24, 2.45) is 0 Å². The molecule has 0 atom stereocenters. The molecule has 0 N–H and O–H groups in total. The van der Waals surface area contributed by atoms with Gasteiger partial charge in [0.1, 0.15) is 0 Å². The number of aryl methyl sites for hydroxylation is 1. The van der Waals surface area contributed by atoms with Gasteiger partial charge in [0.2, 0.25) is 5.91 Å². The quantitative estimate of drug-likeness (QED) is 0.867. The van der Waals surface area contributed by atoms with Gasteiger partial charge in [-0.15, -0.1) is 11.3 Å². The van der Waals surface area contributed by atoms with E-state index in [4.69, 9.17) is 11.6 Å². The topological polar surface area (TPSA) is 33.2 Å². The number of thiazole rings is 1. The second kappa shape index (κ2) is 6.17. The highest BCUT2D eigenvalue weighted by molar-refractivity contribution is 7.09. The highest BCUT2D eigenvalue weighted by Crippen LogP contribution is 2.17. The second-order valence-electron chi connectivity index (χ2n) is 4.38. The molecular weight excluding hydrogens is 280 g/mol. The molecule has 3 nitrogen and oxygen atoms in total. The summed E-state index contributed by atoms with van der Waals surface area (Å²) >= 11 is 7.65. The zero-order valence-electron chi connectivity index (χ0n) is 10.9. The molecule has 0 aliphatic rings. The number of rotatable bonds is 4. The first-order chi connectivity index (χ1) is 9.06. The average molecular weight is 295 g/mol. The molecule has 0 radical (unpaired) electrons. The van der Waals surface area contributed by atoms with Gasteiger partial charge in [-0.25, -0.2) is 4.98 Å². The normalized spacial score (nSPS) is 10.5. The molecule has 1 amide bonds. The summed E-state index contributed by atoms with van der Waals surface area (Å²) in [5.74, 6) is 0.0465. The molecule has 0 bridgehead atoms. The molecule has 1 heterocycles. The fraction of sp³-hybridized carbons (Fsp3) is 0.286. The number of carbonyl (C=O) groups is 1. The first-order valence-corrected chi connectivity index (χ1v) is 7.20. The number of likely N-dealkylation sites (N-methyl/N-ethyl adjacent to an activating group) is 1. The Morgan fingerprint density at radius 1 is 1.42 bits per heavy atom. The maximum Gasteiger partial charge on any atom is 0.228 e. The molecule has 5 heteroatoms. The minimum absolute atomic E-state index is 0.0465. The predicted molar refractivity (Wildman–Crippen MR) is 78.5 cm³/mol. The predicted octanol–water partition coefficient (Wildman–Crippen LogP) is 3.31. The van der Waals surface area contributed by atoms with Crippen molar-refractivity contribution >= 4 is 28.8 Å². The van der Waals surface area contributed by atoms with Crippen LogP contribution in [0.3, 0.4) is 0 Å². The van der Waals surface area contributed by atoms with E-state index in [1.54, 1.807) is 23.3 Å². The van der Waals surface area contributed by atoms with E-state index in [1.807, 2.05) is 36.6 Å². The first-order valence-electron chi connectivity index (χ1n) is 5.94. The van der Waals surface area contributed by atoms with Gasteiger partial charge < -0.3 is 4.90 Å². The minimum atomic E-state index is 0.0465. The fourth-order valence-corrected chi connectivity index (χ4v) is 2.56. The molecule has 0 spiro atoms. The number of nitrogens with zero attached hydrogens (tertiary/aromatic N) is 2. The van der Waals surface area contributed by atoms with Crippen LogP contribution in [0.4, 0.5) is 0 Å². The minimum Gasteiger partial charge on any atom is -0.341 e. The van der Waals surface area contributed by atoms with Gasteiger partial charge in [0.25, 0.3) is 0 Å². The maximum absolute atomic E-state index is 12.1. The van der Waals surface area contributed by atoms with E-state index in [9.17, 15) is 4.79 Å². The molecule has 0 aliphatic heterocycles. The van der Waals surface area contributed by atoms with Crippen LogP contribution >= 0.6 is 22.9 Å². The molecule has 0 saturated heterocycles. The Balaban J connectivity index is 1.98. The molecular formula is C14H15ClN2OS. The number of hydrogen-bond donors (Lipinski definition) is 0. The summed E-state index contributed by atoms with van der Waals surface area (Å²) in [6.07, 6.45) is 0.339. The lowest BCUT2D eigenvalue weighted by Gasteiger charge is -2.17. The van der Waals surface area contributed by atoms with Crippen molar-refractivity contribution in [2.45, 2.75) is 19.9 Å². The van der Waals surface area contributed by atoms with Crippen LogP contribution in [-0.4, -0.2) is 22.8 Å². The Bertz CT molecular complexity index is 582. The molecule has 0 unspecified atom stereocenters. The Morgan fingerprint density at radius 2 is 2.16 bits per heavy atom. The fourth-order valence-electron chi connectivity index (χ4n) is 1.75. The van der Waals surface area contributed by atoms with E-state index < -0.39 is 0 Å². The van der Waals surface area contributed by atoms with Crippen LogP contribution in [0, 0.1) is 6.92 Å². The standard InChI is InChI=1S/C14H15ClN2OS/c1-10-16-12(9-19-10)7-14(18)17(2)8-11-5-3-4-6-13(11)15/h3-6,9H,7-8H2,1-2H3. The highest BCUT2D eigenvalue weighted by atomic mass is 35.5. The molecule has 2 rings (SSSR count). The molecule has 1 aromatic heterocycles. The van der Waals surface area contributed by atoms with Gasteiger partial charge in [-0.2, -0.15) is 0 Å². The third-order valence-corrected chi connectivity index (χ3v) is 3.98. The summed E-state index contributed by atoms with van der Waals surface area (Å²) in [7, 11) is 1.78. The van der Waals surface area contributed by atoms with Crippen LogP contribution in [-0.2, 0) is 17.8 Å². The van der Waals surface area contributed by atoms with E-state index in [0.717, 1.165) is 16.3 Å². The zero-order chi connectivity index (χ0) is 13.8. The third kappa shape index (κ3) is 3.78. The van der Waals surface area contributed by atoms with Crippen molar-refractivity contribution in [1.29, 1.82) is 0 Å². The van der Waals surface area contributed by atoms with Crippen LogP contribution in [0.15, 0.2) is 29.6 Å². The summed E-state index contributed by atoms with van der Waals surface area (Å²) < 4.78 is 0. The number of halogens is 1. The Kier molecular flexibility index (Phi) is 4.56. The van der Waals surface area contributed by atoms with Crippen molar-refractivity contribution in [2.75, 3.05) is 7.05 Å². The van der Waals surface area contributed by atoms with E-state index >= 15 is 0 Å². The van der Waals surface area contributed by atoms with Gasteiger partial charge in [-0.05, 0) is 18.6 Å². The Labute approximate surface area is 121 Å². The van der Waals surface area contributed by atoms with Crippen LogP contribution in [0.2, 0.25) is 5.02 Å². The van der Waals surface area contributed by atoms with E-state index in [0.29, 0.717) is 18.0 Å². The van der Waals surface area contributed by atoms with Crippen molar-refractivity contribution in [3.05, 3.63) is 50.9 Å². The number of benzene rings is 1. The summed E-state index contributed by atoms with van der Waals surface area (Å²) in [5, 5.41) is 3.60. The van der Waals surface area contributed by atoms with Crippen molar-refractivity contribution in [1.82, 2.24) is 9.88 Å². The highest BCUT2D eigenvalue weighted by Gasteiger charge is 2.13. The Hall–Kier alpha value is -1.39. The average Bonchev–Trinajstić information content (AvgIpc) is 2.77. The SMILES string of the molecule is Cc1nc(CC(=O)N(C)Cc2ccccc2Cl)cs1. The van der Waals surface area contributed by atoms with E-state index in [1.165, 1.54) is 0 Å². The maximum atomic E-state index is 12.1. The zero-order valence-corrected chi connectivity index (χ0v) is 12.5. The van der Waals surface area contributed by atoms with Crippen molar-refractivity contribution < 1.29 is 4.79 Å². The lowest BCUT2D eigenvalue weighted by molar-refractivity contribution is -0.129. The van der Waals surface area contributed by atoms with Gasteiger partial charge in [0.05, 0.1) is 17.1 Å². The largest absolute Gasteiger partial charge is 0.341 e. The third-order valence-electron chi connectivity index (χ3n) is 2.79. The van der Waals surface area contributed by atoms with Crippen molar-refractivity contribution in [3.8, 4) is 0 Å². The van der Waals surface area contributed by atoms with Crippen LogP contribution in [0.5, 0.6) is 0 Å². The number of aromatic nitrogens is 1. The number of amides is 1. The smallest absolute Gasteiger partial charge is 0.228 e. The van der Waals surface area contributed by atoms with Crippen molar-refractivity contribution in [3.63, 3.8) is 0 Å². The molecule has 19 heavy (non-hydrogen) atoms. The van der Waals surface area contributed by atoms with E-state index in [2.05, 4.69) is 4.98 Å².